The summed E-state index contributed by atoms with van der Waals surface area (Å²) in [5.74, 6) is -0.544. The number of piperazine rings is 1. The van der Waals surface area contributed by atoms with Crippen molar-refractivity contribution in [1.29, 1.82) is 0 Å². The van der Waals surface area contributed by atoms with Crippen LogP contribution >= 0.6 is 0 Å². The van der Waals surface area contributed by atoms with Crippen LogP contribution in [0, 0.1) is 5.82 Å². The van der Waals surface area contributed by atoms with Gasteiger partial charge in [0.05, 0.1) is 12.0 Å². The molecule has 25 heavy (non-hydrogen) atoms. The van der Waals surface area contributed by atoms with E-state index >= 15 is 0 Å². The van der Waals surface area contributed by atoms with Crippen molar-refractivity contribution in [1.82, 2.24) is 9.80 Å². The summed E-state index contributed by atoms with van der Waals surface area (Å²) in [5, 5.41) is 0. The minimum Gasteiger partial charge on any atom is -0.381 e. The summed E-state index contributed by atoms with van der Waals surface area (Å²) in [5.41, 5.74) is 5.80. The fourth-order valence-electron chi connectivity index (χ4n) is 3.34. The zero-order chi connectivity index (χ0) is 17.9. The quantitative estimate of drug-likeness (QED) is 0.865. The highest BCUT2D eigenvalue weighted by Crippen LogP contribution is 2.21. The van der Waals surface area contributed by atoms with Crippen molar-refractivity contribution < 1.29 is 18.7 Å². The number of hydrogen-bond acceptors (Lipinski definition) is 4. The highest BCUT2D eigenvalue weighted by atomic mass is 19.1. The first kappa shape index (κ1) is 17.8. The van der Waals surface area contributed by atoms with E-state index in [0.717, 1.165) is 0 Å². The van der Waals surface area contributed by atoms with Crippen LogP contribution in [0.4, 0.5) is 4.39 Å². The third kappa shape index (κ3) is 3.99. The molecule has 6 nitrogen and oxygen atoms in total. The molecule has 136 valence electrons. The van der Waals surface area contributed by atoms with E-state index in [-0.39, 0.29) is 24.1 Å². The van der Waals surface area contributed by atoms with Gasteiger partial charge in [0.25, 0.3) is 0 Å². The number of nitrogens with zero attached hydrogens (tertiary/aromatic N) is 2. The average Bonchev–Trinajstić information content (AvgIpc) is 2.64. The summed E-state index contributed by atoms with van der Waals surface area (Å²) in [6, 6.07) is 6.30. The lowest BCUT2D eigenvalue weighted by Gasteiger charge is -2.41. The van der Waals surface area contributed by atoms with E-state index in [2.05, 4.69) is 0 Å². The third-order valence-corrected chi connectivity index (χ3v) is 5.03. The smallest absolute Gasteiger partial charge is 0.242 e. The van der Waals surface area contributed by atoms with Gasteiger partial charge in [-0.15, -0.1) is 0 Å². The van der Waals surface area contributed by atoms with Gasteiger partial charge < -0.3 is 20.3 Å². The maximum Gasteiger partial charge on any atom is 0.242 e. The monoisotopic (exact) mass is 349 g/mol. The van der Waals surface area contributed by atoms with Gasteiger partial charge in [-0.25, -0.2) is 4.39 Å². The third-order valence-electron chi connectivity index (χ3n) is 5.03. The van der Waals surface area contributed by atoms with Gasteiger partial charge in [-0.3, -0.25) is 9.59 Å². The molecule has 0 radical (unpaired) electrons. The highest BCUT2D eigenvalue weighted by Gasteiger charge is 2.40. The summed E-state index contributed by atoms with van der Waals surface area (Å²) >= 11 is 0. The number of benzene rings is 1. The summed E-state index contributed by atoms with van der Waals surface area (Å²) in [6.45, 7) is 2.83. The minimum absolute atomic E-state index is 0.0405. The normalized spacial score (nSPS) is 20.4. The Morgan fingerprint density at radius 2 is 1.68 bits per heavy atom. The zero-order valence-corrected chi connectivity index (χ0v) is 14.2. The molecule has 3 rings (SSSR count). The summed E-state index contributed by atoms with van der Waals surface area (Å²) in [7, 11) is 0. The molecule has 2 aliphatic rings. The molecule has 0 spiro atoms. The topological polar surface area (TPSA) is 75.9 Å². The van der Waals surface area contributed by atoms with Gasteiger partial charge in [0.15, 0.2) is 0 Å². The van der Waals surface area contributed by atoms with E-state index in [1.165, 1.54) is 6.07 Å². The van der Waals surface area contributed by atoms with Gasteiger partial charge in [0.1, 0.15) is 5.82 Å². The van der Waals surface area contributed by atoms with Gasteiger partial charge in [0, 0.05) is 39.4 Å². The van der Waals surface area contributed by atoms with E-state index in [0.29, 0.717) is 57.8 Å². The Kier molecular flexibility index (Phi) is 5.34. The predicted molar refractivity (Wildman–Crippen MR) is 90.2 cm³/mol. The van der Waals surface area contributed by atoms with Crippen molar-refractivity contribution in [3.05, 3.63) is 35.6 Å². The Balaban J connectivity index is 1.54. The molecule has 1 aromatic rings. The van der Waals surface area contributed by atoms with Crippen LogP contribution in [-0.2, 0) is 20.7 Å². The second kappa shape index (κ2) is 7.49. The molecule has 0 atom stereocenters. The molecule has 0 saturated carbocycles. The van der Waals surface area contributed by atoms with Gasteiger partial charge in [-0.2, -0.15) is 0 Å². The molecule has 2 saturated heterocycles. The molecule has 0 aliphatic carbocycles. The summed E-state index contributed by atoms with van der Waals surface area (Å²) in [6.07, 6.45) is 1.09. The Bertz CT molecular complexity index is 638. The number of halogens is 1. The minimum atomic E-state index is -0.850. The molecular formula is C18H24FN3O3. The van der Waals surface area contributed by atoms with E-state index < -0.39 is 5.54 Å². The average molecular weight is 349 g/mol. The first-order valence-corrected chi connectivity index (χ1v) is 8.67. The van der Waals surface area contributed by atoms with Crippen LogP contribution in [0.1, 0.15) is 18.4 Å². The first-order valence-electron chi connectivity index (χ1n) is 8.67. The number of hydrogen-bond donors (Lipinski definition) is 1. The molecule has 2 fully saturated rings. The Morgan fingerprint density at radius 1 is 1.08 bits per heavy atom. The molecule has 2 N–H and O–H groups in total. The van der Waals surface area contributed by atoms with Crippen molar-refractivity contribution in [3.8, 4) is 0 Å². The first-order chi connectivity index (χ1) is 12.0. The van der Waals surface area contributed by atoms with Crippen LogP contribution < -0.4 is 5.73 Å². The Morgan fingerprint density at radius 3 is 2.32 bits per heavy atom. The lowest BCUT2D eigenvalue weighted by molar-refractivity contribution is -0.145. The van der Waals surface area contributed by atoms with Crippen LogP contribution in [0.25, 0.3) is 0 Å². The number of carbonyl (C=O) groups is 2. The Labute approximate surface area is 146 Å². The molecule has 1 aromatic carbocycles. The fraction of sp³-hybridized carbons (Fsp3) is 0.556. The fourth-order valence-corrected chi connectivity index (χ4v) is 3.34. The van der Waals surface area contributed by atoms with Gasteiger partial charge in [-0.1, -0.05) is 18.2 Å². The number of ether oxygens (including phenoxy) is 1. The van der Waals surface area contributed by atoms with Crippen LogP contribution in [0.15, 0.2) is 24.3 Å². The molecule has 2 amide bonds. The number of carbonyl (C=O) groups excluding carboxylic acids is 2. The number of rotatable bonds is 3. The Hall–Kier alpha value is -1.99. The van der Waals surface area contributed by atoms with E-state index in [1.807, 2.05) is 0 Å². The molecule has 7 heteroatoms. The van der Waals surface area contributed by atoms with Crippen molar-refractivity contribution in [2.45, 2.75) is 24.8 Å². The lowest BCUT2D eigenvalue weighted by Crippen LogP contribution is -2.61. The van der Waals surface area contributed by atoms with Crippen molar-refractivity contribution in [2.24, 2.45) is 5.73 Å². The van der Waals surface area contributed by atoms with E-state index in [1.54, 1.807) is 28.0 Å². The maximum absolute atomic E-state index is 13.7. The van der Waals surface area contributed by atoms with Crippen LogP contribution in [0.2, 0.25) is 0 Å². The number of nitrogens with two attached hydrogens (primary N) is 1. The highest BCUT2D eigenvalue weighted by molar-refractivity contribution is 5.86. The maximum atomic E-state index is 13.7. The van der Waals surface area contributed by atoms with Crippen molar-refractivity contribution in [3.63, 3.8) is 0 Å². The van der Waals surface area contributed by atoms with Gasteiger partial charge in [-0.05, 0) is 24.5 Å². The van der Waals surface area contributed by atoms with Crippen LogP contribution in [0.3, 0.4) is 0 Å². The number of amides is 2. The van der Waals surface area contributed by atoms with Gasteiger partial charge in [0.2, 0.25) is 11.8 Å². The summed E-state index contributed by atoms with van der Waals surface area (Å²) in [4.78, 5) is 28.5. The molecule has 2 aliphatic heterocycles. The molecule has 2 heterocycles. The van der Waals surface area contributed by atoms with Gasteiger partial charge >= 0.3 is 0 Å². The molecule has 0 bridgehead atoms. The second-order valence-electron chi connectivity index (χ2n) is 6.71. The van der Waals surface area contributed by atoms with Crippen molar-refractivity contribution >= 4 is 11.8 Å². The second-order valence-corrected chi connectivity index (χ2v) is 6.71. The molecule has 0 unspecified atom stereocenters. The molecular weight excluding hydrogens is 325 g/mol. The predicted octanol–water partition coefficient (Wildman–Crippen LogP) is 0.547. The lowest BCUT2D eigenvalue weighted by atomic mass is 9.89. The standard InChI is InChI=1S/C18H24FN3O3/c19-15-4-2-1-3-14(15)13-16(23)21-7-9-22(10-8-21)17(24)18(20)5-11-25-12-6-18/h1-4H,5-13,20H2. The van der Waals surface area contributed by atoms with Crippen LogP contribution in [0.5, 0.6) is 0 Å². The largest absolute Gasteiger partial charge is 0.381 e. The van der Waals surface area contributed by atoms with E-state index in [4.69, 9.17) is 10.5 Å². The van der Waals surface area contributed by atoms with E-state index in [9.17, 15) is 14.0 Å². The SMILES string of the molecule is NC1(C(=O)N2CCN(C(=O)Cc3ccccc3F)CC2)CCOCC1. The van der Waals surface area contributed by atoms with Crippen LogP contribution in [-0.4, -0.2) is 66.5 Å². The molecule has 0 aromatic heterocycles. The summed E-state index contributed by atoms with van der Waals surface area (Å²) < 4.78 is 19.0. The van der Waals surface area contributed by atoms with Crippen molar-refractivity contribution in [2.75, 3.05) is 39.4 Å². The zero-order valence-electron chi connectivity index (χ0n) is 14.2.